The Morgan fingerprint density at radius 3 is 1.35 bits per heavy atom. The van der Waals surface area contributed by atoms with E-state index in [4.69, 9.17) is 29.9 Å². The van der Waals surface area contributed by atoms with Crippen LogP contribution < -0.4 is 0 Å². The zero-order chi connectivity index (χ0) is 45.8. The molecule has 324 valence electrons. The zero-order valence-corrected chi connectivity index (χ0v) is 39.3. The minimum atomic E-state index is -0.435. The van der Waals surface area contributed by atoms with E-state index in [9.17, 15) is 0 Å². The molecule has 0 spiro atoms. The van der Waals surface area contributed by atoms with E-state index in [0.29, 0.717) is 23.3 Å². The highest BCUT2D eigenvalue weighted by Gasteiger charge is 2.37. The summed E-state index contributed by atoms with van der Waals surface area (Å²) in [5, 5.41) is 2.28. The fraction of sp³-hybridized carbons (Fsp3) is 0.233. The predicted molar refractivity (Wildman–Crippen MR) is 269 cm³/mol. The number of fused-ring (bicyclic) bond motifs is 7. The van der Waals surface area contributed by atoms with E-state index in [1.807, 2.05) is 18.2 Å². The van der Waals surface area contributed by atoms with Gasteiger partial charge in [0.15, 0.2) is 23.3 Å². The molecule has 2 aromatic heterocycles. The van der Waals surface area contributed by atoms with E-state index in [-0.39, 0.29) is 16.2 Å². The van der Waals surface area contributed by atoms with Gasteiger partial charge in [-0.15, -0.1) is 0 Å². The fourth-order valence-corrected chi connectivity index (χ4v) is 10.3. The van der Waals surface area contributed by atoms with Crippen molar-refractivity contribution in [3.05, 3.63) is 191 Å². The summed E-state index contributed by atoms with van der Waals surface area (Å²) in [6.07, 6.45) is 0.722. The van der Waals surface area contributed by atoms with Crippen molar-refractivity contribution in [3.8, 4) is 67.8 Å². The van der Waals surface area contributed by atoms with Crippen LogP contribution in [0.2, 0.25) is 0 Å². The average Bonchev–Trinajstić information content (AvgIpc) is 3.69. The molecule has 2 aliphatic rings. The van der Waals surface area contributed by atoms with Crippen molar-refractivity contribution in [1.29, 1.82) is 0 Å². The molecule has 2 aliphatic carbocycles. The number of nitrogens with zero attached hydrogens (tertiary/aromatic N) is 6. The molecule has 11 rings (SSSR count). The third kappa shape index (κ3) is 6.93. The molecule has 0 saturated heterocycles. The Kier molecular flexibility index (Phi) is 9.39. The second kappa shape index (κ2) is 14.9. The van der Waals surface area contributed by atoms with E-state index in [2.05, 4.69) is 196 Å². The Hall–Kier alpha value is -7.18. The summed E-state index contributed by atoms with van der Waals surface area (Å²) in [6.45, 7) is 20.2. The van der Waals surface area contributed by atoms with Gasteiger partial charge < -0.3 is 0 Å². The van der Waals surface area contributed by atoms with Gasteiger partial charge in [0.2, 0.25) is 0 Å². The largest absolute Gasteiger partial charge is 0.212 e. The standard InChI is InChI=1S/C60H54N6/c1-57(2,3)55-63-52(62-53(64-55)40-27-29-45-43-19-13-15-21-47(43)59(6,7)49(45)33-40)39-26-25-37-24-23-36(31-42(37)32-39)35-58(4,5)56-65-51(38-17-11-10-12-18-38)61-54(66-56)41-28-30-46-44-20-14-16-22-48(44)60(8,9)50(46)34-41/h10-34H,35H2,1-9H3. The lowest BCUT2D eigenvalue weighted by Crippen LogP contribution is -2.25. The molecule has 0 aliphatic heterocycles. The quantitative estimate of drug-likeness (QED) is 0.159. The van der Waals surface area contributed by atoms with Gasteiger partial charge in [-0.2, -0.15) is 0 Å². The monoisotopic (exact) mass is 858 g/mol. The van der Waals surface area contributed by atoms with Gasteiger partial charge in [0, 0.05) is 43.9 Å². The van der Waals surface area contributed by atoms with Gasteiger partial charge in [-0.3, -0.25) is 0 Å². The molecule has 9 aromatic rings. The minimum absolute atomic E-state index is 0.127. The Labute approximate surface area is 388 Å². The van der Waals surface area contributed by atoms with Crippen molar-refractivity contribution in [2.75, 3.05) is 0 Å². The molecule has 66 heavy (non-hydrogen) atoms. The SMILES string of the molecule is CC(C)(C)c1nc(-c2ccc3c(c2)C(C)(C)c2ccccc2-3)nc(-c2ccc3ccc(CC(C)(C)c4nc(-c5ccccc5)nc(-c5ccc6c(c5)C(C)(C)c5ccccc5-6)n4)cc3c2)n1. The number of aromatic nitrogens is 6. The molecule has 0 fully saturated rings. The van der Waals surface area contributed by atoms with Gasteiger partial charge in [0.1, 0.15) is 11.6 Å². The molecule has 0 radical (unpaired) electrons. The summed E-state index contributed by atoms with van der Waals surface area (Å²) < 4.78 is 0. The van der Waals surface area contributed by atoms with Crippen LogP contribution in [0.3, 0.4) is 0 Å². The third-order valence-corrected chi connectivity index (χ3v) is 14.1. The Balaban J connectivity index is 0.947. The number of benzene rings is 7. The van der Waals surface area contributed by atoms with Gasteiger partial charge >= 0.3 is 0 Å². The van der Waals surface area contributed by atoms with Crippen LogP contribution in [0.5, 0.6) is 0 Å². The first kappa shape index (κ1) is 41.5. The highest BCUT2D eigenvalue weighted by atomic mass is 15.1. The lowest BCUT2D eigenvalue weighted by molar-refractivity contribution is 0.486. The number of rotatable bonds is 7. The fourth-order valence-electron chi connectivity index (χ4n) is 10.3. The maximum atomic E-state index is 5.29. The predicted octanol–water partition coefficient (Wildman–Crippen LogP) is 14.3. The van der Waals surface area contributed by atoms with Crippen LogP contribution in [0.1, 0.15) is 102 Å². The second-order valence-electron chi connectivity index (χ2n) is 21.0. The van der Waals surface area contributed by atoms with Crippen LogP contribution >= 0.6 is 0 Å². The summed E-state index contributed by atoms with van der Waals surface area (Å²) in [6, 6.07) is 54.4. The zero-order valence-electron chi connectivity index (χ0n) is 39.3. The first-order valence-corrected chi connectivity index (χ1v) is 23.2. The van der Waals surface area contributed by atoms with Crippen molar-refractivity contribution in [3.63, 3.8) is 0 Å². The highest BCUT2D eigenvalue weighted by molar-refractivity contribution is 5.88. The maximum Gasteiger partial charge on any atom is 0.163 e. The summed E-state index contributed by atoms with van der Waals surface area (Å²) in [5.41, 5.74) is 14.6. The molecule has 0 bridgehead atoms. The van der Waals surface area contributed by atoms with E-state index in [1.165, 1.54) is 50.1 Å². The molecule has 6 heteroatoms. The van der Waals surface area contributed by atoms with Crippen LogP contribution in [0.4, 0.5) is 0 Å². The van der Waals surface area contributed by atoms with Crippen LogP contribution in [0.15, 0.2) is 152 Å². The van der Waals surface area contributed by atoms with Gasteiger partial charge in [-0.1, -0.05) is 196 Å². The minimum Gasteiger partial charge on any atom is -0.212 e. The molecule has 0 unspecified atom stereocenters. The smallest absolute Gasteiger partial charge is 0.163 e. The van der Waals surface area contributed by atoms with E-state index in [1.54, 1.807) is 0 Å². The maximum absolute atomic E-state index is 5.29. The lowest BCUT2D eigenvalue weighted by Gasteiger charge is -2.25. The van der Waals surface area contributed by atoms with Crippen LogP contribution in [0.25, 0.3) is 78.6 Å². The summed E-state index contributed by atoms with van der Waals surface area (Å²) in [4.78, 5) is 31.1. The normalized spacial score (nSPS) is 14.4. The van der Waals surface area contributed by atoms with Crippen molar-refractivity contribution >= 4 is 10.8 Å². The van der Waals surface area contributed by atoms with Crippen LogP contribution in [-0.2, 0) is 28.1 Å². The summed E-state index contributed by atoms with van der Waals surface area (Å²) in [7, 11) is 0. The van der Waals surface area contributed by atoms with E-state index in [0.717, 1.165) is 51.1 Å². The lowest BCUT2D eigenvalue weighted by atomic mass is 9.82. The molecule has 0 atom stereocenters. The molecular weight excluding hydrogens is 805 g/mol. The first-order valence-electron chi connectivity index (χ1n) is 23.2. The Bertz CT molecular complexity index is 3410. The van der Waals surface area contributed by atoms with Gasteiger partial charge in [-0.05, 0) is 85.5 Å². The van der Waals surface area contributed by atoms with E-state index < -0.39 is 5.41 Å². The van der Waals surface area contributed by atoms with Crippen molar-refractivity contribution in [2.24, 2.45) is 0 Å². The molecule has 0 N–H and O–H groups in total. The van der Waals surface area contributed by atoms with Gasteiger partial charge in [0.05, 0.1) is 0 Å². The van der Waals surface area contributed by atoms with Crippen molar-refractivity contribution in [1.82, 2.24) is 29.9 Å². The first-order chi connectivity index (χ1) is 31.5. The van der Waals surface area contributed by atoms with Crippen molar-refractivity contribution in [2.45, 2.75) is 90.4 Å². The van der Waals surface area contributed by atoms with Crippen LogP contribution in [-0.4, -0.2) is 29.9 Å². The molecule has 7 aromatic carbocycles. The topological polar surface area (TPSA) is 77.3 Å². The van der Waals surface area contributed by atoms with Crippen LogP contribution in [0, 0.1) is 0 Å². The Morgan fingerprint density at radius 2 is 0.803 bits per heavy atom. The Morgan fingerprint density at radius 1 is 0.364 bits per heavy atom. The molecule has 0 saturated carbocycles. The van der Waals surface area contributed by atoms with Crippen molar-refractivity contribution < 1.29 is 0 Å². The van der Waals surface area contributed by atoms with Gasteiger partial charge in [-0.25, -0.2) is 29.9 Å². The average molecular weight is 859 g/mol. The molecular formula is C60H54N6. The third-order valence-electron chi connectivity index (χ3n) is 14.1. The molecule has 0 amide bonds. The molecule has 6 nitrogen and oxygen atoms in total. The second-order valence-corrected chi connectivity index (χ2v) is 21.0. The summed E-state index contributed by atoms with van der Waals surface area (Å²) >= 11 is 0. The summed E-state index contributed by atoms with van der Waals surface area (Å²) in [5.74, 6) is 4.25. The number of hydrogen-bond donors (Lipinski definition) is 0. The highest BCUT2D eigenvalue weighted by Crippen LogP contribution is 2.51. The number of hydrogen-bond acceptors (Lipinski definition) is 6. The van der Waals surface area contributed by atoms with Gasteiger partial charge in [0.25, 0.3) is 0 Å². The molecule has 2 heterocycles. The van der Waals surface area contributed by atoms with E-state index >= 15 is 0 Å².